The van der Waals surface area contributed by atoms with Gasteiger partial charge in [-0.3, -0.25) is 5.10 Å². The van der Waals surface area contributed by atoms with Crippen LogP contribution in [-0.2, 0) is 6.61 Å². The van der Waals surface area contributed by atoms with Crippen LogP contribution in [0.15, 0.2) is 48.7 Å². The van der Waals surface area contributed by atoms with Crippen molar-refractivity contribution >= 4 is 17.4 Å². The van der Waals surface area contributed by atoms with Crippen molar-refractivity contribution in [3.63, 3.8) is 0 Å². The van der Waals surface area contributed by atoms with Crippen LogP contribution in [-0.4, -0.2) is 10.2 Å². The molecule has 0 radical (unpaired) electrons. The highest BCUT2D eigenvalue weighted by atomic mass is 35.5. The van der Waals surface area contributed by atoms with Gasteiger partial charge in [0.2, 0.25) is 0 Å². The lowest BCUT2D eigenvalue weighted by Crippen LogP contribution is -1.98. The molecule has 5 heteroatoms. The summed E-state index contributed by atoms with van der Waals surface area (Å²) in [6.45, 7) is 2.45. The molecule has 0 bridgehead atoms. The molecule has 0 unspecified atom stereocenters. The molecule has 3 rings (SSSR count). The number of nitrogens with zero attached hydrogens (tertiary/aromatic N) is 1. The van der Waals surface area contributed by atoms with Crippen molar-refractivity contribution in [1.82, 2.24) is 10.2 Å². The Morgan fingerprint density at radius 1 is 1.23 bits per heavy atom. The standard InChI is InChI=1S/C17H16ClN3O/c1-11-7-13(14-9-20-21-17(14)19)8-15(18)16(11)22-10-12-5-3-2-4-6-12/h2-9H,10H2,1H3,(H3,19,20,21). The van der Waals surface area contributed by atoms with Crippen molar-refractivity contribution in [2.45, 2.75) is 13.5 Å². The Morgan fingerprint density at radius 2 is 2.00 bits per heavy atom. The van der Waals surface area contributed by atoms with Crippen molar-refractivity contribution in [2.24, 2.45) is 0 Å². The first-order chi connectivity index (χ1) is 10.6. The molecule has 0 aliphatic heterocycles. The van der Waals surface area contributed by atoms with Gasteiger partial charge < -0.3 is 10.5 Å². The maximum absolute atomic E-state index is 6.37. The van der Waals surface area contributed by atoms with Gasteiger partial charge >= 0.3 is 0 Å². The first-order valence-electron chi connectivity index (χ1n) is 6.91. The molecular formula is C17H16ClN3O. The summed E-state index contributed by atoms with van der Waals surface area (Å²) in [6, 6.07) is 13.8. The summed E-state index contributed by atoms with van der Waals surface area (Å²) in [4.78, 5) is 0. The van der Waals surface area contributed by atoms with Gasteiger partial charge in [0.25, 0.3) is 0 Å². The minimum Gasteiger partial charge on any atom is -0.487 e. The van der Waals surface area contributed by atoms with E-state index in [0.717, 1.165) is 22.3 Å². The van der Waals surface area contributed by atoms with E-state index in [4.69, 9.17) is 22.1 Å². The first-order valence-corrected chi connectivity index (χ1v) is 7.29. The summed E-state index contributed by atoms with van der Waals surface area (Å²) < 4.78 is 5.87. The number of hydrogen-bond donors (Lipinski definition) is 2. The number of aromatic nitrogens is 2. The number of aryl methyl sites for hydroxylation is 1. The van der Waals surface area contributed by atoms with Gasteiger partial charge in [-0.1, -0.05) is 41.9 Å². The Morgan fingerprint density at radius 3 is 2.64 bits per heavy atom. The SMILES string of the molecule is Cc1cc(-c2cn[nH]c2N)cc(Cl)c1OCc1ccccc1. The van der Waals surface area contributed by atoms with Crippen LogP contribution < -0.4 is 10.5 Å². The van der Waals surface area contributed by atoms with Crippen molar-refractivity contribution in [2.75, 3.05) is 5.73 Å². The van der Waals surface area contributed by atoms with Crippen LogP contribution in [0, 0.1) is 6.92 Å². The topological polar surface area (TPSA) is 63.9 Å². The molecule has 3 N–H and O–H groups in total. The Kier molecular flexibility index (Phi) is 4.02. The zero-order valence-corrected chi connectivity index (χ0v) is 12.9. The average Bonchev–Trinajstić information content (AvgIpc) is 2.93. The van der Waals surface area contributed by atoms with E-state index in [1.54, 1.807) is 6.20 Å². The number of nitrogens with two attached hydrogens (primary N) is 1. The van der Waals surface area contributed by atoms with Crippen LogP contribution in [0.25, 0.3) is 11.1 Å². The molecule has 112 valence electrons. The third-order valence-electron chi connectivity index (χ3n) is 3.44. The summed E-state index contributed by atoms with van der Waals surface area (Å²) in [7, 11) is 0. The molecule has 3 aromatic rings. The van der Waals surface area contributed by atoms with Crippen LogP contribution >= 0.6 is 11.6 Å². The lowest BCUT2D eigenvalue weighted by Gasteiger charge is -2.13. The average molecular weight is 314 g/mol. The molecule has 1 aromatic heterocycles. The number of nitrogen functional groups attached to an aromatic ring is 1. The van der Waals surface area contributed by atoms with E-state index >= 15 is 0 Å². The van der Waals surface area contributed by atoms with Gasteiger partial charge in [0.05, 0.1) is 11.2 Å². The number of nitrogens with one attached hydrogen (secondary N) is 1. The van der Waals surface area contributed by atoms with Gasteiger partial charge in [0.1, 0.15) is 18.2 Å². The van der Waals surface area contributed by atoms with E-state index in [-0.39, 0.29) is 0 Å². The molecule has 0 saturated heterocycles. The molecular weight excluding hydrogens is 298 g/mol. The molecule has 0 atom stereocenters. The molecule has 0 spiro atoms. The number of benzene rings is 2. The van der Waals surface area contributed by atoms with E-state index in [2.05, 4.69) is 10.2 Å². The van der Waals surface area contributed by atoms with Crippen molar-refractivity contribution in [1.29, 1.82) is 0 Å². The predicted molar refractivity (Wildman–Crippen MR) is 89.0 cm³/mol. The Bertz CT molecular complexity index is 761. The molecule has 0 aliphatic rings. The summed E-state index contributed by atoms with van der Waals surface area (Å²) in [5.41, 5.74) is 9.66. The minimum atomic E-state index is 0.481. The fourth-order valence-electron chi connectivity index (χ4n) is 2.33. The maximum atomic E-state index is 6.37. The van der Waals surface area contributed by atoms with Crippen LogP contribution in [0.1, 0.15) is 11.1 Å². The fourth-order valence-corrected chi connectivity index (χ4v) is 2.65. The quantitative estimate of drug-likeness (QED) is 0.758. The summed E-state index contributed by atoms with van der Waals surface area (Å²) in [5.74, 6) is 1.21. The number of rotatable bonds is 4. The number of ether oxygens (including phenoxy) is 1. The predicted octanol–water partition coefficient (Wildman–Crippen LogP) is 4.20. The molecule has 0 saturated carbocycles. The second-order valence-electron chi connectivity index (χ2n) is 5.08. The van der Waals surface area contributed by atoms with Crippen molar-refractivity contribution < 1.29 is 4.74 Å². The Labute approximate surface area is 133 Å². The van der Waals surface area contributed by atoms with Gasteiger partial charge in [-0.05, 0) is 35.7 Å². The van der Waals surface area contributed by atoms with E-state index in [1.807, 2.05) is 49.4 Å². The number of H-pyrrole nitrogens is 1. The van der Waals surface area contributed by atoms with E-state index < -0.39 is 0 Å². The number of hydrogen-bond acceptors (Lipinski definition) is 3. The molecule has 0 amide bonds. The van der Waals surface area contributed by atoms with Crippen LogP contribution in [0.4, 0.5) is 5.82 Å². The van der Waals surface area contributed by atoms with E-state index in [0.29, 0.717) is 23.2 Å². The lowest BCUT2D eigenvalue weighted by molar-refractivity contribution is 0.304. The van der Waals surface area contributed by atoms with E-state index in [1.165, 1.54) is 0 Å². The Balaban J connectivity index is 1.86. The Hall–Kier alpha value is -2.46. The van der Waals surface area contributed by atoms with Gasteiger partial charge in [0, 0.05) is 5.56 Å². The number of anilines is 1. The molecule has 2 aromatic carbocycles. The second-order valence-corrected chi connectivity index (χ2v) is 5.48. The van der Waals surface area contributed by atoms with Crippen molar-refractivity contribution in [3.8, 4) is 16.9 Å². The van der Waals surface area contributed by atoms with Gasteiger partial charge in [-0.15, -0.1) is 0 Å². The highest BCUT2D eigenvalue weighted by Gasteiger charge is 2.12. The molecule has 0 aliphatic carbocycles. The van der Waals surface area contributed by atoms with Gasteiger partial charge in [0.15, 0.2) is 0 Å². The van der Waals surface area contributed by atoms with Crippen LogP contribution in [0.2, 0.25) is 5.02 Å². The minimum absolute atomic E-state index is 0.481. The summed E-state index contributed by atoms with van der Waals surface area (Å²) in [6.07, 6.45) is 1.69. The lowest BCUT2D eigenvalue weighted by atomic mass is 10.1. The highest BCUT2D eigenvalue weighted by molar-refractivity contribution is 6.32. The third-order valence-corrected chi connectivity index (χ3v) is 3.72. The number of aromatic amines is 1. The highest BCUT2D eigenvalue weighted by Crippen LogP contribution is 2.35. The summed E-state index contributed by atoms with van der Waals surface area (Å²) >= 11 is 6.37. The zero-order chi connectivity index (χ0) is 15.5. The molecule has 22 heavy (non-hydrogen) atoms. The zero-order valence-electron chi connectivity index (χ0n) is 12.1. The third kappa shape index (κ3) is 2.92. The second kappa shape index (κ2) is 6.12. The molecule has 4 nitrogen and oxygen atoms in total. The number of halogens is 1. The molecule has 1 heterocycles. The largest absolute Gasteiger partial charge is 0.487 e. The molecule has 0 fully saturated rings. The van der Waals surface area contributed by atoms with Crippen LogP contribution in [0.5, 0.6) is 5.75 Å². The van der Waals surface area contributed by atoms with E-state index in [9.17, 15) is 0 Å². The normalized spacial score (nSPS) is 10.6. The first kappa shape index (κ1) is 14.5. The van der Waals surface area contributed by atoms with Gasteiger partial charge in [-0.2, -0.15) is 5.10 Å². The van der Waals surface area contributed by atoms with Gasteiger partial charge in [-0.25, -0.2) is 0 Å². The fraction of sp³-hybridized carbons (Fsp3) is 0.118. The summed E-state index contributed by atoms with van der Waals surface area (Å²) in [5, 5.41) is 7.21. The van der Waals surface area contributed by atoms with Crippen molar-refractivity contribution in [3.05, 3.63) is 64.8 Å². The van der Waals surface area contributed by atoms with Crippen LogP contribution in [0.3, 0.4) is 0 Å². The monoisotopic (exact) mass is 313 g/mol. The smallest absolute Gasteiger partial charge is 0.141 e. The maximum Gasteiger partial charge on any atom is 0.141 e.